The van der Waals surface area contributed by atoms with Crippen molar-refractivity contribution >= 4 is 27.5 Å². The minimum absolute atomic E-state index is 0.0701. The summed E-state index contributed by atoms with van der Waals surface area (Å²) in [5.74, 6) is -3.33. The Hall–Kier alpha value is -2.57. The van der Waals surface area contributed by atoms with Crippen molar-refractivity contribution in [3.63, 3.8) is 0 Å². The molecule has 20 heteroatoms. The van der Waals surface area contributed by atoms with Crippen LogP contribution in [0.5, 0.6) is 0 Å². The molecule has 0 spiro atoms. The number of hydrogen-bond donors (Lipinski definition) is 7. The first-order chi connectivity index (χ1) is 31.4. The lowest BCUT2D eigenvalue weighted by molar-refractivity contribution is -0.336. The molecular weight excluding hydrogens is 905 g/mol. The first kappa shape index (κ1) is 58.0. The van der Waals surface area contributed by atoms with E-state index < -0.39 is 117 Å². The Morgan fingerprint density at radius 3 is 2.19 bits per heavy atom. The molecule has 0 aliphatic carbocycles. The number of carbonyl (C=O) groups is 2. The van der Waals surface area contributed by atoms with E-state index in [1.807, 2.05) is 25.1 Å². The van der Waals surface area contributed by atoms with Crippen LogP contribution in [0.1, 0.15) is 94.9 Å². The highest BCUT2D eigenvalue weighted by atomic mass is 32.2. The highest BCUT2D eigenvalue weighted by Crippen LogP contribution is 2.43. The molecule has 0 unspecified atom stereocenters. The number of para-hydroxylation sites is 1. The summed E-state index contributed by atoms with van der Waals surface area (Å²) in [5, 5.41) is 66.6. The number of aliphatic hydroxyl groups is 5. The van der Waals surface area contributed by atoms with Crippen molar-refractivity contribution in [1.82, 2.24) is 15.5 Å². The molecule has 3 aliphatic heterocycles. The lowest BCUT2D eigenvalue weighted by Gasteiger charge is -2.53. The third-order valence-corrected chi connectivity index (χ3v) is 15.7. The Bertz CT molecular complexity index is 1900. The maximum atomic E-state index is 14.5. The van der Waals surface area contributed by atoms with Crippen LogP contribution in [0.15, 0.2) is 30.3 Å². The van der Waals surface area contributed by atoms with Crippen molar-refractivity contribution < 1.29 is 72.0 Å². The van der Waals surface area contributed by atoms with Gasteiger partial charge in [-0.2, -0.15) is 0 Å². The van der Waals surface area contributed by atoms with Crippen molar-refractivity contribution in [3.05, 3.63) is 30.3 Å². The van der Waals surface area contributed by atoms with E-state index in [2.05, 4.69) is 10.6 Å². The van der Waals surface area contributed by atoms with Gasteiger partial charge in [-0.05, 0) is 92.3 Å². The maximum absolute atomic E-state index is 14.5. The summed E-state index contributed by atoms with van der Waals surface area (Å²) in [7, 11) is 1.39. The van der Waals surface area contributed by atoms with E-state index in [0.29, 0.717) is 5.69 Å². The average Bonchev–Trinajstić information content (AvgIpc) is 3.27. The normalized spacial score (nSPS) is 41.5. The Morgan fingerprint density at radius 1 is 0.971 bits per heavy atom. The van der Waals surface area contributed by atoms with Crippen LogP contribution in [-0.4, -0.2) is 193 Å². The van der Waals surface area contributed by atoms with Crippen LogP contribution in [0.3, 0.4) is 0 Å². The van der Waals surface area contributed by atoms with E-state index in [0.717, 1.165) is 6.26 Å². The topological polar surface area (TPSA) is 255 Å². The number of rotatable bonds is 13. The molecule has 18 atom stereocenters. The van der Waals surface area contributed by atoms with E-state index in [1.54, 1.807) is 81.6 Å². The highest BCUT2D eigenvalue weighted by Gasteiger charge is 2.58. The lowest BCUT2D eigenvalue weighted by atomic mass is 9.75. The quantitative estimate of drug-likeness (QED) is 0.110. The van der Waals surface area contributed by atoms with Gasteiger partial charge in [0.25, 0.3) is 0 Å². The Kier molecular flexibility index (Phi) is 19.9. The van der Waals surface area contributed by atoms with Gasteiger partial charge in [0.1, 0.15) is 45.0 Å². The molecule has 19 nitrogen and oxygen atoms in total. The van der Waals surface area contributed by atoms with Crippen LogP contribution in [0.4, 0.5) is 10.5 Å². The number of hydrogen-bond acceptors (Lipinski definition) is 17. The average molecular weight is 989 g/mol. The standard InChI is InChI=1S/C48H84N4O15S/c1-15-36-47(10,58)40(54)32(6)50-26-28(2)24-45(8,57)41(67-43-38(53)35(23-29(3)63-43)52(12)44(56)51(11)34-19-17-16-18-20-34)30(4)39(31(5)42(55)65-36)66-37-25-46(9,62-13)48(59,33(7)64-37)27-49-21-22-68(14,60)61/h16-20,28-33,35-41,43,49-50,53-54,57-59H,15,21-27H2,1-14H3/t28-,29-,30+,31-,32-,33+,35+,36-,37+,38-,39+,40-,41-,43+,45-,46-,47-,48+/m1/s1. The van der Waals surface area contributed by atoms with Gasteiger partial charge in [-0.1, -0.05) is 39.0 Å². The zero-order chi connectivity index (χ0) is 51.3. The molecule has 3 heterocycles. The Labute approximate surface area is 404 Å². The number of urea groups is 1. The summed E-state index contributed by atoms with van der Waals surface area (Å²) >= 11 is 0. The minimum Gasteiger partial charge on any atom is -0.459 e. The van der Waals surface area contributed by atoms with E-state index >= 15 is 0 Å². The molecule has 0 bridgehead atoms. The number of nitrogens with one attached hydrogen (secondary N) is 2. The Balaban J connectivity index is 1.79. The number of likely N-dealkylation sites (N-methyl/N-ethyl adjacent to an activating group) is 1. The number of methoxy groups -OCH3 is 1. The summed E-state index contributed by atoms with van der Waals surface area (Å²) < 4.78 is 62.2. The van der Waals surface area contributed by atoms with Gasteiger partial charge in [0.05, 0.1) is 47.7 Å². The second-order valence-corrected chi connectivity index (χ2v) is 22.9. The molecule has 3 aliphatic rings. The fraction of sp³-hybridized carbons (Fsp3) is 0.833. The molecule has 4 rings (SSSR count). The van der Waals surface area contributed by atoms with Gasteiger partial charge in [-0.25, -0.2) is 13.2 Å². The SMILES string of the molecule is CC[C@H]1OC(=O)[C@H](C)[C@@H](O[C@H]2C[C@@](C)(OC)[C@](O)(CNCCS(C)(=O)=O)[C@H](C)O2)[C@H](C)[C@@H](O[C@@H]2O[C@H](C)C[C@H](N(C)C(=O)N(C)c3ccccc3)[C@H]2O)[C@](C)(O)C[C@@H](C)CN[C@H](C)[C@@H](O)[C@]1(C)O. The van der Waals surface area contributed by atoms with Crippen LogP contribution in [-0.2, 0) is 43.1 Å². The summed E-state index contributed by atoms with van der Waals surface area (Å²) in [5.41, 5.74) is -6.03. The van der Waals surface area contributed by atoms with E-state index in [9.17, 15) is 43.5 Å². The molecule has 68 heavy (non-hydrogen) atoms. The molecule has 1 aromatic rings. The Morgan fingerprint density at radius 2 is 1.60 bits per heavy atom. The molecule has 0 aromatic heterocycles. The molecular formula is C48H84N4O15S. The van der Waals surface area contributed by atoms with Gasteiger partial charge in [0, 0.05) is 64.6 Å². The number of benzene rings is 1. The third-order valence-electron chi connectivity index (χ3n) is 14.8. The van der Waals surface area contributed by atoms with Crippen molar-refractivity contribution in [1.29, 1.82) is 0 Å². The first-order valence-corrected chi connectivity index (χ1v) is 26.1. The summed E-state index contributed by atoms with van der Waals surface area (Å²) in [6.07, 6.45) is -8.91. The van der Waals surface area contributed by atoms with Crippen LogP contribution < -0.4 is 15.5 Å². The smallest absolute Gasteiger partial charge is 0.324 e. The van der Waals surface area contributed by atoms with Crippen molar-refractivity contribution in [2.45, 2.75) is 185 Å². The first-order valence-electron chi connectivity index (χ1n) is 24.0. The third kappa shape index (κ3) is 13.5. The number of aliphatic hydroxyl groups excluding tert-OH is 2. The number of anilines is 1. The summed E-state index contributed by atoms with van der Waals surface area (Å²) in [6, 6.07) is 7.25. The summed E-state index contributed by atoms with van der Waals surface area (Å²) in [4.78, 5) is 31.4. The van der Waals surface area contributed by atoms with Gasteiger partial charge in [0.15, 0.2) is 12.6 Å². The molecule has 3 fully saturated rings. The van der Waals surface area contributed by atoms with Gasteiger partial charge in [-0.3, -0.25) is 9.69 Å². The molecule has 7 N–H and O–H groups in total. The van der Waals surface area contributed by atoms with E-state index in [1.165, 1.54) is 23.8 Å². The van der Waals surface area contributed by atoms with Crippen LogP contribution >= 0.6 is 0 Å². The number of esters is 1. The van der Waals surface area contributed by atoms with Crippen molar-refractivity contribution in [3.8, 4) is 0 Å². The molecule has 0 radical (unpaired) electrons. The zero-order valence-corrected chi connectivity index (χ0v) is 43.6. The van der Waals surface area contributed by atoms with Crippen LogP contribution in [0, 0.1) is 17.8 Å². The second-order valence-electron chi connectivity index (χ2n) is 20.6. The van der Waals surface area contributed by atoms with E-state index in [-0.39, 0.29) is 63.0 Å². The summed E-state index contributed by atoms with van der Waals surface area (Å²) in [6.45, 7) is 17.1. The largest absolute Gasteiger partial charge is 0.459 e. The van der Waals surface area contributed by atoms with Crippen molar-refractivity contribution in [2.24, 2.45) is 17.8 Å². The monoisotopic (exact) mass is 989 g/mol. The number of amides is 2. The second kappa shape index (κ2) is 23.3. The predicted molar refractivity (Wildman–Crippen MR) is 255 cm³/mol. The predicted octanol–water partition coefficient (Wildman–Crippen LogP) is 2.19. The number of cyclic esters (lactones) is 1. The maximum Gasteiger partial charge on any atom is 0.324 e. The van der Waals surface area contributed by atoms with Gasteiger partial charge < -0.3 is 69.5 Å². The molecule has 1 aromatic carbocycles. The fourth-order valence-electron chi connectivity index (χ4n) is 10.3. The molecule has 0 saturated carbocycles. The lowest BCUT2D eigenvalue weighted by Crippen LogP contribution is -2.70. The molecule has 3 saturated heterocycles. The van der Waals surface area contributed by atoms with Crippen LogP contribution in [0.25, 0.3) is 0 Å². The fourth-order valence-corrected chi connectivity index (χ4v) is 10.8. The molecule has 392 valence electrons. The van der Waals surface area contributed by atoms with Crippen molar-refractivity contribution in [2.75, 3.05) is 57.7 Å². The number of nitrogens with zero attached hydrogens (tertiary/aromatic N) is 2. The highest BCUT2D eigenvalue weighted by molar-refractivity contribution is 7.90. The van der Waals surface area contributed by atoms with E-state index in [4.69, 9.17) is 28.4 Å². The minimum atomic E-state index is -3.29. The zero-order valence-electron chi connectivity index (χ0n) is 42.7. The van der Waals surface area contributed by atoms with Gasteiger partial charge >= 0.3 is 12.0 Å². The van der Waals surface area contributed by atoms with Gasteiger partial charge in [-0.15, -0.1) is 0 Å². The molecule has 2 amide bonds. The van der Waals surface area contributed by atoms with Gasteiger partial charge in [0.2, 0.25) is 0 Å². The number of carbonyl (C=O) groups excluding carboxylic acids is 2. The number of ether oxygens (including phenoxy) is 6. The van der Waals surface area contributed by atoms with Crippen LogP contribution in [0.2, 0.25) is 0 Å². The number of sulfone groups is 1.